The second-order valence-electron chi connectivity index (χ2n) is 7.13. The predicted molar refractivity (Wildman–Crippen MR) is 101 cm³/mol. The van der Waals surface area contributed by atoms with Gasteiger partial charge in [0, 0.05) is 28.9 Å². The van der Waals surface area contributed by atoms with E-state index in [1.807, 2.05) is 70.2 Å². The molecule has 1 aromatic heterocycles. The maximum absolute atomic E-state index is 12.1. The number of alkyl carbamates (subject to hydrolysis) is 1. The van der Waals surface area contributed by atoms with Crippen molar-refractivity contribution >= 4 is 17.7 Å². The number of hydrogen-bond donors (Lipinski definition) is 1. The van der Waals surface area contributed by atoms with E-state index in [1.54, 1.807) is 6.20 Å². The predicted octanol–water partition coefficient (Wildman–Crippen LogP) is 4.97. The number of halogens is 1. The highest BCUT2D eigenvalue weighted by atomic mass is 35.5. The van der Waals surface area contributed by atoms with E-state index in [9.17, 15) is 4.79 Å². The molecule has 2 unspecified atom stereocenters. The first kappa shape index (κ1) is 19.3. The van der Waals surface area contributed by atoms with Crippen molar-refractivity contribution in [2.45, 2.75) is 51.7 Å². The molecule has 0 aliphatic rings. The highest BCUT2D eigenvalue weighted by molar-refractivity contribution is 6.30. The van der Waals surface area contributed by atoms with Gasteiger partial charge in [-0.15, -0.1) is 0 Å². The molecule has 0 saturated carbocycles. The normalized spacial score (nSPS) is 13.8. The van der Waals surface area contributed by atoms with Gasteiger partial charge in [0.05, 0.1) is 0 Å². The fourth-order valence-electron chi connectivity index (χ4n) is 2.60. The molecular formula is C20H25ClN2O2. The third-order valence-electron chi connectivity index (χ3n) is 3.78. The second kappa shape index (κ2) is 8.34. The lowest BCUT2D eigenvalue weighted by Crippen LogP contribution is -2.41. The van der Waals surface area contributed by atoms with Crippen molar-refractivity contribution in [3.8, 4) is 0 Å². The molecule has 2 rings (SSSR count). The molecule has 1 N–H and O–H groups in total. The molecule has 2 aromatic rings. The van der Waals surface area contributed by atoms with Crippen LogP contribution < -0.4 is 5.32 Å². The molecule has 1 amide bonds. The summed E-state index contributed by atoms with van der Waals surface area (Å²) in [6.07, 6.45) is 2.09. The van der Waals surface area contributed by atoms with Crippen LogP contribution in [0.4, 0.5) is 4.79 Å². The Morgan fingerprint density at radius 3 is 2.44 bits per heavy atom. The van der Waals surface area contributed by atoms with E-state index >= 15 is 0 Å². The summed E-state index contributed by atoms with van der Waals surface area (Å²) in [5.41, 5.74) is 1.54. The van der Waals surface area contributed by atoms with Gasteiger partial charge in [0.15, 0.2) is 0 Å². The maximum Gasteiger partial charge on any atom is 0.407 e. The quantitative estimate of drug-likeness (QED) is 0.818. The number of aromatic nitrogens is 1. The minimum absolute atomic E-state index is 0.0230. The summed E-state index contributed by atoms with van der Waals surface area (Å²) in [7, 11) is 0. The van der Waals surface area contributed by atoms with E-state index in [-0.39, 0.29) is 12.0 Å². The van der Waals surface area contributed by atoms with Gasteiger partial charge >= 0.3 is 6.09 Å². The zero-order valence-electron chi connectivity index (χ0n) is 15.1. The molecule has 5 heteroatoms. The fourth-order valence-corrected chi connectivity index (χ4v) is 2.73. The average molecular weight is 361 g/mol. The Bertz CT molecular complexity index is 681. The van der Waals surface area contributed by atoms with Crippen LogP contribution in [-0.4, -0.2) is 22.7 Å². The van der Waals surface area contributed by atoms with Gasteiger partial charge in [-0.3, -0.25) is 4.98 Å². The Labute approximate surface area is 154 Å². The molecule has 134 valence electrons. The zero-order chi connectivity index (χ0) is 18.4. The van der Waals surface area contributed by atoms with Crippen LogP contribution in [-0.2, 0) is 11.2 Å². The summed E-state index contributed by atoms with van der Waals surface area (Å²) in [4.78, 5) is 16.6. The largest absolute Gasteiger partial charge is 0.444 e. The molecule has 0 aliphatic heterocycles. The molecule has 2 atom stereocenters. The molecule has 0 fully saturated rings. The summed E-state index contributed by atoms with van der Waals surface area (Å²) in [6.45, 7) is 7.52. The third kappa shape index (κ3) is 6.39. The maximum atomic E-state index is 12.1. The van der Waals surface area contributed by atoms with Crippen LogP contribution in [0.25, 0.3) is 0 Å². The highest BCUT2D eigenvalue weighted by Gasteiger charge is 2.25. The summed E-state index contributed by atoms with van der Waals surface area (Å²) >= 11 is 5.97. The van der Waals surface area contributed by atoms with Crippen molar-refractivity contribution in [1.29, 1.82) is 0 Å². The molecule has 25 heavy (non-hydrogen) atoms. The van der Waals surface area contributed by atoms with E-state index in [0.717, 1.165) is 17.7 Å². The Kier molecular flexibility index (Phi) is 6.43. The number of ether oxygens (including phenoxy) is 1. The fraction of sp³-hybridized carbons (Fsp3) is 0.400. The van der Waals surface area contributed by atoms with Crippen LogP contribution in [0.5, 0.6) is 0 Å². The summed E-state index contributed by atoms with van der Waals surface area (Å²) < 4.78 is 5.37. The summed E-state index contributed by atoms with van der Waals surface area (Å²) in [6, 6.07) is 13.4. The second-order valence-corrected chi connectivity index (χ2v) is 7.56. The van der Waals surface area contributed by atoms with Crippen molar-refractivity contribution in [3.63, 3.8) is 0 Å². The minimum Gasteiger partial charge on any atom is -0.444 e. The van der Waals surface area contributed by atoms with Crippen LogP contribution in [0, 0.1) is 0 Å². The smallest absolute Gasteiger partial charge is 0.407 e. The number of pyridine rings is 1. The molecule has 4 nitrogen and oxygen atoms in total. The lowest BCUT2D eigenvalue weighted by atomic mass is 9.89. The number of carbonyl (C=O) groups is 1. The minimum atomic E-state index is -0.527. The number of benzene rings is 1. The molecule has 0 aliphatic carbocycles. The lowest BCUT2D eigenvalue weighted by Gasteiger charge is -2.27. The number of amides is 1. The number of carbonyl (C=O) groups excluding carboxylic acids is 1. The van der Waals surface area contributed by atoms with Gasteiger partial charge in [0.1, 0.15) is 5.60 Å². The number of nitrogens with one attached hydrogen (secondary N) is 1. The van der Waals surface area contributed by atoms with Crippen molar-refractivity contribution in [2.24, 2.45) is 0 Å². The number of rotatable bonds is 5. The first-order valence-corrected chi connectivity index (χ1v) is 8.77. The Morgan fingerprint density at radius 2 is 1.88 bits per heavy atom. The van der Waals surface area contributed by atoms with Crippen LogP contribution in [0.15, 0.2) is 48.7 Å². The van der Waals surface area contributed by atoms with E-state index in [0.29, 0.717) is 5.02 Å². The SMILES string of the molecule is CC(NC(=O)OC(C)(C)C)C(Cc1ccc(Cl)cc1)c1ccccn1. The van der Waals surface area contributed by atoms with Gasteiger partial charge in [0.25, 0.3) is 0 Å². The molecule has 0 saturated heterocycles. The van der Waals surface area contributed by atoms with Crippen molar-refractivity contribution in [3.05, 3.63) is 64.9 Å². The van der Waals surface area contributed by atoms with Gasteiger partial charge < -0.3 is 10.1 Å². The molecule has 0 radical (unpaired) electrons. The molecular weight excluding hydrogens is 336 g/mol. The van der Waals surface area contributed by atoms with Crippen LogP contribution in [0.1, 0.15) is 44.9 Å². The summed E-state index contributed by atoms with van der Waals surface area (Å²) in [5.74, 6) is 0.0230. The third-order valence-corrected chi connectivity index (χ3v) is 4.04. The van der Waals surface area contributed by atoms with Gasteiger partial charge in [-0.2, -0.15) is 0 Å². The van der Waals surface area contributed by atoms with E-state index in [4.69, 9.17) is 16.3 Å². The first-order chi connectivity index (χ1) is 11.7. The standard InChI is InChI=1S/C20H25ClN2O2/c1-14(23-19(24)25-20(2,3)4)17(18-7-5-6-12-22-18)13-15-8-10-16(21)11-9-15/h5-12,14,17H,13H2,1-4H3,(H,23,24). The lowest BCUT2D eigenvalue weighted by molar-refractivity contribution is 0.0501. The Balaban J connectivity index is 2.16. The first-order valence-electron chi connectivity index (χ1n) is 8.39. The van der Waals surface area contributed by atoms with Crippen LogP contribution in [0.2, 0.25) is 5.02 Å². The Morgan fingerprint density at radius 1 is 1.20 bits per heavy atom. The highest BCUT2D eigenvalue weighted by Crippen LogP contribution is 2.24. The van der Waals surface area contributed by atoms with E-state index in [2.05, 4.69) is 10.3 Å². The van der Waals surface area contributed by atoms with Gasteiger partial charge in [-0.05, 0) is 63.9 Å². The van der Waals surface area contributed by atoms with E-state index in [1.165, 1.54) is 0 Å². The van der Waals surface area contributed by atoms with Gasteiger partial charge in [-0.25, -0.2) is 4.79 Å². The molecule has 0 spiro atoms. The van der Waals surface area contributed by atoms with Crippen molar-refractivity contribution in [2.75, 3.05) is 0 Å². The zero-order valence-corrected chi connectivity index (χ0v) is 15.9. The van der Waals surface area contributed by atoms with Gasteiger partial charge in [-0.1, -0.05) is 29.8 Å². The number of nitrogens with zero attached hydrogens (tertiary/aromatic N) is 1. The number of hydrogen-bond acceptors (Lipinski definition) is 3. The topological polar surface area (TPSA) is 51.2 Å². The molecule has 1 heterocycles. The monoisotopic (exact) mass is 360 g/mol. The van der Waals surface area contributed by atoms with Crippen molar-refractivity contribution in [1.82, 2.24) is 10.3 Å². The molecule has 0 bridgehead atoms. The van der Waals surface area contributed by atoms with Crippen LogP contribution in [0.3, 0.4) is 0 Å². The Hall–Kier alpha value is -2.07. The average Bonchev–Trinajstić information content (AvgIpc) is 2.53. The summed E-state index contributed by atoms with van der Waals surface area (Å²) in [5, 5.41) is 3.65. The molecule has 1 aromatic carbocycles. The van der Waals surface area contributed by atoms with Gasteiger partial charge in [0.2, 0.25) is 0 Å². The van der Waals surface area contributed by atoms with Crippen molar-refractivity contribution < 1.29 is 9.53 Å². The van der Waals surface area contributed by atoms with E-state index < -0.39 is 11.7 Å². The van der Waals surface area contributed by atoms with Crippen LogP contribution >= 0.6 is 11.6 Å².